The van der Waals surface area contributed by atoms with Crippen LogP contribution in [0.1, 0.15) is 12.5 Å². The Kier molecular flexibility index (Phi) is 4.57. The number of nitrogens with one attached hydrogen (secondary N) is 1. The van der Waals surface area contributed by atoms with Crippen LogP contribution in [0.15, 0.2) is 23.2 Å². The van der Waals surface area contributed by atoms with Crippen LogP contribution < -0.4 is 15.0 Å². The summed E-state index contributed by atoms with van der Waals surface area (Å²) in [4.78, 5) is 10.6. The number of aromatic nitrogens is 2. The minimum absolute atomic E-state index is 0.682. The van der Waals surface area contributed by atoms with Gasteiger partial charge in [0.1, 0.15) is 6.33 Å². The molecule has 0 bridgehead atoms. The third-order valence-electron chi connectivity index (χ3n) is 2.69. The van der Waals surface area contributed by atoms with Gasteiger partial charge in [0.25, 0.3) is 0 Å². The molecular weight excluding hydrogens is 260 g/mol. The molecule has 0 unspecified atom stereocenters. The zero-order valence-corrected chi connectivity index (χ0v) is 12.2. The number of nitrogens with zero attached hydrogens (tertiary/aromatic N) is 3. The Hall–Kier alpha value is -1.82. The molecule has 0 aliphatic heterocycles. The second-order valence-electron chi connectivity index (χ2n) is 4.10. The van der Waals surface area contributed by atoms with Gasteiger partial charge in [-0.15, -0.1) is 0 Å². The summed E-state index contributed by atoms with van der Waals surface area (Å²) in [6.45, 7) is 3.61. The van der Waals surface area contributed by atoms with Crippen molar-refractivity contribution in [3.05, 3.63) is 28.7 Å². The van der Waals surface area contributed by atoms with Crippen LogP contribution in [0, 0.1) is 0 Å². The fourth-order valence-electron chi connectivity index (χ4n) is 1.85. The average molecular weight is 278 g/mol. The zero-order valence-electron chi connectivity index (χ0n) is 11.4. The van der Waals surface area contributed by atoms with Gasteiger partial charge in [0, 0.05) is 20.1 Å². The van der Waals surface area contributed by atoms with Crippen molar-refractivity contribution in [1.29, 1.82) is 0 Å². The van der Waals surface area contributed by atoms with E-state index in [0.29, 0.717) is 5.75 Å². The monoisotopic (exact) mass is 278 g/mol. The third-order valence-corrected chi connectivity index (χ3v) is 3.43. The second-order valence-corrected chi connectivity index (χ2v) is 4.88. The number of ether oxygens (including phenoxy) is 1. The van der Waals surface area contributed by atoms with Crippen molar-refractivity contribution in [1.82, 2.24) is 9.97 Å². The molecule has 2 aromatic rings. The van der Waals surface area contributed by atoms with Gasteiger partial charge in [0.05, 0.1) is 7.11 Å². The van der Waals surface area contributed by atoms with Crippen LogP contribution in [0.4, 0.5) is 11.6 Å². The summed E-state index contributed by atoms with van der Waals surface area (Å²) in [5.41, 5.74) is 1.26. The molecule has 6 heteroatoms. The predicted molar refractivity (Wildman–Crippen MR) is 79.2 cm³/mol. The minimum atomic E-state index is 0.682. The first-order chi connectivity index (χ1) is 9.26. The van der Waals surface area contributed by atoms with E-state index in [9.17, 15) is 0 Å². The number of rotatable bonds is 6. The SMILES string of the molecule is CCNc1ncnc(N(C)Cc2ccsc2)c1OC. The van der Waals surface area contributed by atoms with Gasteiger partial charge >= 0.3 is 0 Å². The summed E-state index contributed by atoms with van der Waals surface area (Å²) in [5.74, 6) is 2.20. The molecule has 2 heterocycles. The highest BCUT2D eigenvalue weighted by Gasteiger charge is 2.15. The third kappa shape index (κ3) is 3.14. The molecule has 2 aromatic heterocycles. The summed E-state index contributed by atoms with van der Waals surface area (Å²) in [7, 11) is 3.64. The number of methoxy groups -OCH3 is 1. The van der Waals surface area contributed by atoms with Gasteiger partial charge in [0.15, 0.2) is 11.6 Å². The number of hydrogen-bond donors (Lipinski definition) is 1. The molecule has 5 nitrogen and oxygen atoms in total. The Balaban J connectivity index is 2.25. The van der Waals surface area contributed by atoms with Gasteiger partial charge in [-0.3, -0.25) is 0 Å². The highest BCUT2D eigenvalue weighted by Crippen LogP contribution is 2.31. The van der Waals surface area contributed by atoms with Crippen LogP contribution in [0.5, 0.6) is 5.75 Å². The maximum Gasteiger partial charge on any atom is 0.204 e. The molecule has 1 N–H and O–H groups in total. The number of anilines is 2. The Bertz CT molecular complexity index is 515. The van der Waals surface area contributed by atoms with Crippen molar-refractivity contribution in [2.75, 3.05) is 30.9 Å². The van der Waals surface area contributed by atoms with Crippen LogP contribution in [-0.4, -0.2) is 30.7 Å². The van der Waals surface area contributed by atoms with Crippen molar-refractivity contribution in [3.63, 3.8) is 0 Å². The Morgan fingerprint density at radius 2 is 2.26 bits per heavy atom. The molecule has 0 fully saturated rings. The molecule has 0 radical (unpaired) electrons. The standard InChI is InChI=1S/C13H18N4OS/c1-4-14-12-11(18-3)13(16-9-15-12)17(2)7-10-5-6-19-8-10/h5-6,8-9H,4,7H2,1-3H3,(H,14,15,16). The smallest absolute Gasteiger partial charge is 0.204 e. The van der Waals surface area contributed by atoms with Gasteiger partial charge in [-0.2, -0.15) is 11.3 Å². The van der Waals surface area contributed by atoms with E-state index >= 15 is 0 Å². The van der Waals surface area contributed by atoms with Crippen molar-refractivity contribution >= 4 is 23.0 Å². The highest BCUT2D eigenvalue weighted by molar-refractivity contribution is 7.07. The molecule has 0 aliphatic carbocycles. The Morgan fingerprint density at radius 3 is 2.89 bits per heavy atom. The van der Waals surface area contributed by atoms with Gasteiger partial charge in [-0.1, -0.05) is 0 Å². The maximum atomic E-state index is 5.44. The second kappa shape index (κ2) is 6.38. The van der Waals surface area contributed by atoms with Crippen molar-refractivity contribution < 1.29 is 4.74 Å². The summed E-state index contributed by atoms with van der Waals surface area (Å²) in [6, 6.07) is 2.11. The van der Waals surface area contributed by atoms with Gasteiger partial charge in [-0.25, -0.2) is 9.97 Å². The lowest BCUT2D eigenvalue weighted by atomic mass is 10.3. The van der Waals surface area contributed by atoms with E-state index in [1.165, 1.54) is 5.56 Å². The first-order valence-corrected chi connectivity index (χ1v) is 7.05. The molecule has 0 atom stereocenters. The Morgan fingerprint density at radius 1 is 1.42 bits per heavy atom. The van der Waals surface area contributed by atoms with E-state index < -0.39 is 0 Å². The first kappa shape index (κ1) is 13.6. The van der Waals surface area contributed by atoms with Crippen molar-refractivity contribution in [3.8, 4) is 5.75 Å². The summed E-state index contributed by atoms with van der Waals surface area (Å²) in [6.07, 6.45) is 1.56. The first-order valence-electron chi connectivity index (χ1n) is 6.11. The topological polar surface area (TPSA) is 50.3 Å². The van der Waals surface area contributed by atoms with E-state index in [1.807, 2.05) is 14.0 Å². The average Bonchev–Trinajstić information content (AvgIpc) is 2.91. The lowest BCUT2D eigenvalue weighted by Crippen LogP contribution is -2.19. The molecule has 2 rings (SSSR count). The molecule has 0 aromatic carbocycles. The van der Waals surface area contributed by atoms with E-state index in [1.54, 1.807) is 24.8 Å². The predicted octanol–water partition coefficient (Wildman–Crippen LogP) is 2.61. The normalized spacial score (nSPS) is 10.3. The quantitative estimate of drug-likeness (QED) is 0.880. The molecule has 19 heavy (non-hydrogen) atoms. The zero-order chi connectivity index (χ0) is 13.7. The van der Waals surface area contributed by atoms with Crippen molar-refractivity contribution in [2.45, 2.75) is 13.5 Å². The van der Waals surface area contributed by atoms with E-state index in [4.69, 9.17) is 4.74 Å². The van der Waals surface area contributed by atoms with Crippen LogP contribution in [0.3, 0.4) is 0 Å². The summed E-state index contributed by atoms with van der Waals surface area (Å²) < 4.78 is 5.44. The van der Waals surface area contributed by atoms with E-state index in [2.05, 4.69) is 37.0 Å². The Labute approximate surface area is 117 Å². The fourth-order valence-corrected chi connectivity index (χ4v) is 2.51. The van der Waals surface area contributed by atoms with Gasteiger partial charge in [0.2, 0.25) is 5.75 Å². The van der Waals surface area contributed by atoms with Gasteiger partial charge in [-0.05, 0) is 29.3 Å². The number of hydrogen-bond acceptors (Lipinski definition) is 6. The highest BCUT2D eigenvalue weighted by atomic mass is 32.1. The van der Waals surface area contributed by atoms with E-state index in [0.717, 1.165) is 24.7 Å². The van der Waals surface area contributed by atoms with Crippen LogP contribution in [0.25, 0.3) is 0 Å². The van der Waals surface area contributed by atoms with Crippen LogP contribution >= 0.6 is 11.3 Å². The maximum absolute atomic E-state index is 5.44. The number of thiophene rings is 1. The summed E-state index contributed by atoms with van der Waals surface area (Å²) in [5, 5.41) is 7.39. The largest absolute Gasteiger partial charge is 0.490 e. The van der Waals surface area contributed by atoms with Crippen LogP contribution in [0.2, 0.25) is 0 Å². The molecule has 102 valence electrons. The molecule has 0 saturated heterocycles. The lowest BCUT2D eigenvalue weighted by molar-refractivity contribution is 0.412. The molecule has 0 saturated carbocycles. The lowest BCUT2D eigenvalue weighted by Gasteiger charge is -2.21. The molecule has 0 aliphatic rings. The minimum Gasteiger partial charge on any atom is -0.490 e. The van der Waals surface area contributed by atoms with Gasteiger partial charge < -0.3 is 15.0 Å². The summed E-state index contributed by atoms with van der Waals surface area (Å²) >= 11 is 1.69. The fraction of sp³-hybridized carbons (Fsp3) is 0.385. The van der Waals surface area contributed by atoms with Crippen LogP contribution in [-0.2, 0) is 6.54 Å². The molecule has 0 amide bonds. The van der Waals surface area contributed by atoms with E-state index in [-0.39, 0.29) is 0 Å². The van der Waals surface area contributed by atoms with Crippen molar-refractivity contribution in [2.24, 2.45) is 0 Å². The molecular formula is C13H18N4OS. The molecule has 0 spiro atoms.